The summed E-state index contributed by atoms with van der Waals surface area (Å²) in [6.07, 6.45) is 3.28. The van der Waals surface area contributed by atoms with Crippen LogP contribution in [0.2, 0.25) is 0 Å². The van der Waals surface area contributed by atoms with Gasteiger partial charge in [0.15, 0.2) is 11.3 Å². The first-order valence-corrected chi connectivity index (χ1v) is 10.1. The summed E-state index contributed by atoms with van der Waals surface area (Å²) >= 11 is 0. The van der Waals surface area contributed by atoms with Crippen LogP contribution < -0.4 is 5.32 Å². The lowest BCUT2D eigenvalue weighted by Crippen LogP contribution is -2.32. The molecule has 4 rings (SSSR count). The average Bonchev–Trinajstić information content (AvgIpc) is 3.17. The van der Waals surface area contributed by atoms with Gasteiger partial charge in [0, 0.05) is 36.1 Å². The van der Waals surface area contributed by atoms with Crippen molar-refractivity contribution < 1.29 is 13.9 Å². The van der Waals surface area contributed by atoms with Crippen LogP contribution in [0.15, 0.2) is 58.1 Å². The molecule has 1 aromatic carbocycles. The van der Waals surface area contributed by atoms with Gasteiger partial charge in [0.2, 0.25) is 0 Å². The molecule has 27 heavy (non-hydrogen) atoms. The molecule has 1 fully saturated rings. The van der Waals surface area contributed by atoms with Crippen LogP contribution in [-0.4, -0.2) is 47.4 Å². The van der Waals surface area contributed by atoms with Gasteiger partial charge in [-0.1, -0.05) is 28.7 Å². The zero-order valence-electron chi connectivity index (χ0n) is 14.9. The first-order valence-electron chi connectivity index (χ1n) is 8.78. The monoisotopic (exact) mass is 383 g/mol. The molecule has 0 spiro atoms. The maximum Gasteiger partial charge on any atom is 0.287 e. The number of hydrogen-bond donors (Lipinski definition) is 1. The number of amides is 1. The van der Waals surface area contributed by atoms with E-state index in [1.165, 1.54) is 4.90 Å². The smallest absolute Gasteiger partial charge is 0.287 e. The number of aromatic nitrogens is 1. The Morgan fingerprint density at radius 2 is 2.00 bits per heavy atom. The van der Waals surface area contributed by atoms with E-state index in [2.05, 4.69) is 32.6 Å². The number of furan rings is 1. The predicted molar refractivity (Wildman–Crippen MR) is 107 cm³/mol. The third-order valence-electron chi connectivity index (χ3n) is 4.48. The number of fused-ring (bicyclic) bond motifs is 1. The normalized spacial score (nSPS) is 16.3. The average molecular weight is 383 g/mol. The second kappa shape index (κ2) is 8.04. The summed E-state index contributed by atoms with van der Waals surface area (Å²) in [6.45, 7) is 3.80. The van der Waals surface area contributed by atoms with Gasteiger partial charge in [-0.15, -0.1) is 0 Å². The van der Waals surface area contributed by atoms with Gasteiger partial charge in [0.05, 0.1) is 19.4 Å². The molecule has 6 nitrogen and oxygen atoms in total. The van der Waals surface area contributed by atoms with Crippen LogP contribution in [-0.2, 0) is 11.3 Å². The Kier molecular flexibility index (Phi) is 5.33. The number of nitrogens with one attached hydrogen (secondary N) is 1. The van der Waals surface area contributed by atoms with Crippen LogP contribution in [0.3, 0.4) is 0 Å². The van der Waals surface area contributed by atoms with E-state index in [1.807, 2.05) is 18.2 Å². The Labute approximate surface area is 160 Å². The molecule has 0 radical (unpaired) electrons. The molecule has 3 aromatic rings. The molecule has 0 aliphatic carbocycles. The van der Waals surface area contributed by atoms with E-state index in [9.17, 15) is 4.79 Å². The molecule has 1 N–H and O–H groups in total. The SMILES string of the molecule is C=S(c1ccc(CNC(=O)c2cc3ccncc3o2)cc1)N1CCOCC1. The van der Waals surface area contributed by atoms with Crippen molar-refractivity contribution in [2.24, 2.45) is 0 Å². The van der Waals surface area contributed by atoms with Crippen molar-refractivity contribution in [2.75, 3.05) is 26.3 Å². The van der Waals surface area contributed by atoms with Gasteiger partial charge in [0.25, 0.3) is 5.91 Å². The number of nitrogens with zero attached hydrogens (tertiary/aromatic N) is 2. The zero-order chi connectivity index (χ0) is 18.6. The molecule has 1 aliphatic rings. The molecule has 2 aromatic heterocycles. The highest BCUT2D eigenvalue weighted by molar-refractivity contribution is 8.12. The van der Waals surface area contributed by atoms with Crippen LogP contribution in [0.25, 0.3) is 11.0 Å². The van der Waals surface area contributed by atoms with Crippen LogP contribution in [0.1, 0.15) is 16.1 Å². The van der Waals surface area contributed by atoms with Gasteiger partial charge < -0.3 is 14.5 Å². The van der Waals surface area contributed by atoms with Gasteiger partial charge in [0.1, 0.15) is 0 Å². The Morgan fingerprint density at radius 3 is 2.74 bits per heavy atom. The number of benzene rings is 1. The molecule has 3 heterocycles. The van der Waals surface area contributed by atoms with Crippen molar-refractivity contribution >= 4 is 33.4 Å². The fraction of sp³-hybridized carbons (Fsp3) is 0.250. The summed E-state index contributed by atoms with van der Waals surface area (Å²) in [6, 6.07) is 11.8. The molecule has 1 amide bonds. The van der Waals surface area contributed by atoms with Crippen LogP contribution in [0, 0.1) is 0 Å². The fourth-order valence-electron chi connectivity index (χ4n) is 2.95. The van der Waals surface area contributed by atoms with Crippen molar-refractivity contribution in [3.8, 4) is 0 Å². The molecule has 0 saturated carbocycles. The van der Waals surface area contributed by atoms with E-state index in [0.717, 1.165) is 37.3 Å². The number of ether oxygens (including phenoxy) is 1. The molecular formula is C20H21N3O3S. The first kappa shape index (κ1) is 17.9. The maximum atomic E-state index is 12.3. The van der Waals surface area contributed by atoms with Crippen LogP contribution in [0.5, 0.6) is 0 Å². The summed E-state index contributed by atoms with van der Waals surface area (Å²) in [5.74, 6) is 4.36. The minimum Gasteiger partial charge on any atom is -0.449 e. The molecule has 1 atom stereocenters. The van der Waals surface area contributed by atoms with Crippen LogP contribution >= 0.6 is 10.7 Å². The molecule has 1 saturated heterocycles. The van der Waals surface area contributed by atoms with E-state index in [4.69, 9.17) is 9.15 Å². The Bertz CT molecular complexity index is 929. The quantitative estimate of drug-likeness (QED) is 0.686. The Morgan fingerprint density at radius 1 is 1.22 bits per heavy atom. The van der Waals surface area contributed by atoms with E-state index in [-0.39, 0.29) is 16.6 Å². The Hall–Kier alpha value is -2.48. The first-order chi connectivity index (χ1) is 13.2. The highest BCUT2D eigenvalue weighted by Gasteiger charge is 2.14. The van der Waals surface area contributed by atoms with Crippen molar-refractivity contribution in [3.05, 3.63) is 60.1 Å². The number of carbonyl (C=O) groups is 1. The lowest BCUT2D eigenvalue weighted by Gasteiger charge is -2.29. The van der Waals surface area contributed by atoms with E-state index in [0.29, 0.717) is 17.9 Å². The number of morpholine rings is 1. The lowest BCUT2D eigenvalue weighted by atomic mass is 10.2. The molecular weight excluding hydrogens is 362 g/mol. The molecule has 7 heteroatoms. The zero-order valence-corrected chi connectivity index (χ0v) is 15.7. The minimum absolute atomic E-state index is 0.185. The fourth-order valence-corrected chi connectivity index (χ4v) is 4.28. The van der Waals surface area contributed by atoms with Crippen molar-refractivity contribution in [3.63, 3.8) is 0 Å². The second-order valence-electron chi connectivity index (χ2n) is 6.26. The van der Waals surface area contributed by atoms with Gasteiger partial charge in [-0.2, -0.15) is 0 Å². The molecule has 0 bridgehead atoms. The largest absolute Gasteiger partial charge is 0.449 e. The van der Waals surface area contributed by atoms with E-state index < -0.39 is 0 Å². The lowest BCUT2D eigenvalue weighted by molar-refractivity contribution is 0.0771. The number of hydrogen-bond acceptors (Lipinski definition) is 5. The van der Waals surface area contributed by atoms with Gasteiger partial charge in [-0.3, -0.25) is 9.78 Å². The third-order valence-corrected chi connectivity index (χ3v) is 6.28. The summed E-state index contributed by atoms with van der Waals surface area (Å²) < 4.78 is 13.3. The summed E-state index contributed by atoms with van der Waals surface area (Å²) in [7, 11) is -0.185. The molecule has 1 unspecified atom stereocenters. The topological polar surface area (TPSA) is 67.6 Å². The van der Waals surface area contributed by atoms with Gasteiger partial charge in [-0.25, -0.2) is 4.31 Å². The Balaban J connectivity index is 1.36. The number of rotatable bonds is 5. The van der Waals surface area contributed by atoms with E-state index in [1.54, 1.807) is 18.5 Å². The summed E-state index contributed by atoms with van der Waals surface area (Å²) in [5, 5.41) is 3.76. The molecule has 1 aliphatic heterocycles. The highest BCUT2D eigenvalue weighted by atomic mass is 32.2. The number of pyridine rings is 1. The maximum absolute atomic E-state index is 12.3. The van der Waals surface area contributed by atoms with Crippen molar-refractivity contribution in [1.29, 1.82) is 0 Å². The second-order valence-corrected chi connectivity index (χ2v) is 7.97. The van der Waals surface area contributed by atoms with Gasteiger partial charge >= 0.3 is 0 Å². The van der Waals surface area contributed by atoms with Crippen molar-refractivity contribution in [1.82, 2.24) is 14.6 Å². The summed E-state index contributed by atoms with van der Waals surface area (Å²) in [5.41, 5.74) is 1.64. The summed E-state index contributed by atoms with van der Waals surface area (Å²) in [4.78, 5) is 17.5. The van der Waals surface area contributed by atoms with Crippen molar-refractivity contribution in [2.45, 2.75) is 11.4 Å². The predicted octanol–water partition coefficient (Wildman–Crippen LogP) is 3.06. The molecule has 140 valence electrons. The minimum atomic E-state index is -0.236. The van der Waals surface area contributed by atoms with Gasteiger partial charge in [-0.05, 0) is 29.8 Å². The van der Waals surface area contributed by atoms with Crippen LogP contribution in [0.4, 0.5) is 0 Å². The third kappa shape index (κ3) is 4.10. The number of carbonyl (C=O) groups excluding carboxylic acids is 1. The van der Waals surface area contributed by atoms with E-state index >= 15 is 0 Å². The highest BCUT2D eigenvalue weighted by Crippen LogP contribution is 2.29. The standard InChI is InChI=1S/C20H21N3O3S/c1-27(23-8-10-25-11-9-23)17-4-2-15(3-5-17)13-22-20(24)18-12-16-6-7-21-14-19(16)26-18/h2-7,12,14H,1,8-11,13H2,(H,22,24).